The number of halogens is 1. The topological polar surface area (TPSA) is 0 Å². The van der Waals surface area contributed by atoms with Gasteiger partial charge in [-0.3, -0.25) is 0 Å². The smallest absolute Gasteiger partial charge is 0.0487 e. The van der Waals surface area contributed by atoms with E-state index in [4.69, 9.17) is 11.6 Å². The van der Waals surface area contributed by atoms with Crippen LogP contribution in [0.3, 0.4) is 0 Å². The Morgan fingerprint density at radius 2 is 1.86 bits per heavy atom. The first-order valence-electron chi connectivity index (χ1n) is 4.62. The molecule has 1 rings (SSSR count). The highest BCUT2D eigenvalue weighted by atomic mass is 35.5. The normalized spacial score (nSPS) is 10.9. The van der Waals surface area contributed by atoms with Gasteiger partial charge in [-0.05, 0) is 11.5 Å². The Hall–Kier alpha value is -0.970. The summed E-state index contributed by atoms with van der Waals surface area (Å²) in [5.41, 5.74) is 5.09. The standard InChI is InChI=1S/C13H15Cl/c1-5-11(13(2,3)4)10-8-6-7-9-12(10)14/h6-9H,1H2,2-4H3. The molecule has 0 nitrogen and oxygen atoms in total. The molecule has 0 aliphatic carbocycles. The van der Waals surface area contributed by atoms with E-state index in [0.717, 1.165) is 16.2 Å². The predicted octanol–water partition coefficient (Wildman–Crippen LogP) is 4.55. The maximum atomic E-state index is 6.12. The van der Waals surface area contributed by atoms with Crippen molar-refractivity contribution in [2.45, 2.75) is 20.8 Å². The Kier molecular flexibility index (Phi) is 3.21. The van der Waals surface area contributed by atoms with Crippen LogP contribution in [0.15, 0.2) is 36.6 Å². The van der Waals surface area contributed by atoms with Crippen LogP contribution in [0.5, 0.6) is 0 Å². The molecule has 74 valence electrons. The summed E-state index contributed by atoms with van der Waals surface area (Å²) >= 11 is 6.12. The van der Waals surface area contributed by atoms with Crippen LogP contribution in [0.2, 0.25) is 5.02 Å². The average Bonchev–Trinajstić information content (AvgIpc) is 2.07. The lowest BCUT2D eigenvalue weighted by molar-refractivity contribution is 0.567. The lowest BCUT2D eigenvalue weighted by Crippen LogP contribution is -2.07. The van der Waals surface area contributed by atoms with Gasteiger partial charge in [0.15, 0.2) is 0 Å². The second-order valence-electron chi connectivity index (χ2n) is 4.28. The summed E-state index contributed by atoms with van der Waals surface area (Å²) in [4.78, 5) is 0. The minimum absolute atomic E-state index is 0.0206. The molecule has 1 heteroatoms. The van der Waals surface area contributed by atoms with Crippen molar-refractivity contribution in [3.8, 4) is 0 Å². The molecule has 0 heterocycles. The van der Waals surface area contributed by atoms with E-state index in [1.165, 1.54) is 0 Å². The van der Waals surface area contributed by atoms with Crippen LogP contribution in [0.4, 0.5) is 0 Å². The van der Waals surface area contributed by atoms with Crippen molar-refractivity contribution < 1.29 is 0 Å². The summed E-state index contributed by atoms with van der Waals surface area (Å²) < 4.78 is 0. The Bertz CT molecular complexity index is 376. The molecular weight excluding hydrogens is 192 g/mol. The molecule has 0 aliphatic rings. The predicted molar refractivity (Wildman–Crippen MR) is 63.5 cm³/mol. The fourth-order valence-corrected chi connectivity index (χ4v) is 1.66. The fraction of sp³-hybridized carbons (Fsp3) is 0.308. The Morgan fingerprint density at radius 3 is 2.29 bits per heavy atom. The zero-order valence-electron chi connectivity index (χ0n) is 8.89. The second-order valence-corrected chi connectivity index (χ2v) is 4.69. The van der Waals surface area contributed by atoms with Crippen molar-refractivity contribution in [2.24, 2.45) is 5.41 Å². The summed E-state index contributed by atoms with van der Waals surface area (Å²) in [5, 5.41) is 0.758. The maximum Gasteiger partial charge on any atom is 0.0487 e. The largest absolute Gasteiger partial charge is 0.124 e. The van der Waals surface area contributed by atoms with Gasteiger partial charge in [-0.2, -0.15) is 0 Å². The summed E-state index contributed by atoms with van der Waals surface area (Å²) in [7, 11) is 0. The summed E-state index contributed by atoms with van der Waals surface area (Å²) in [6, 6.07) is 7.79. The number of hydrogen-bond donors (Lipinski definition) is 0. The van der Waals surface area contributed by atoms with Gasteiger partial charge in [0.1, 0.15) is 0 Å². The van der Waals surface area contributed by atoms with Crippen LogP contribution in [-0.2, 0) is 0 Å². The highest BCUT2D eigenvalue weighted by Crippen LogP contribution is 2.36. The van der Waals surface area contributed by atoms with Crippen molar-refractivity contribution in [1.82, 2.24) is 0 Å². The molecule has 0 aromatic heterocycles. The molecule has 0 saturated heterocycles. The van der Waals surface area contributed by atoms with Crippen LogP contribution >= 0.6 is 11.6 Å². The molecule has 0 radical (unpaired) electrons. The first kappa shape index (κ1) is 11.1. The molecule has 1 aromatic carbocycles. The molecule has 0 N–H and O–H groups in total. The SMILES string of the molecule is C=C=C(c1ccccc1Cl)C(C)(C)C. The second kappa shape index (κ2) is 4.04. The maximum absolute atomic E-state index is 6.12. The van der Waals surface area contributed by atoms with E-state index in [-0.39, 0.29) is 5.41 Å². The van der Waals surface area contributed by atoms with E-state index < -0.39 is 0 Å². The lowest BCUT2D eigenvalue weighted by atomic mass is 9.83. The molecule has 0 amide bonds. The molecular formula is C13H15Cl. The number of benzene rings is 1. The zero-order chi connectivity index (χ0) is 10.8. The quantitative estimate of drug-likeness (QED) is 0.592. The zero-order valence-corrected chi connectivity index (χ0v) is 9.65. The third-order valence-corrected chi connectivity index (χ3v) is 2.40. The van der Waals surface area contributed by atoms with E-state index in [2.05, 4.69) is 33.1 Å². The van der Waals surface area contributed by atoms with E-state index in [1.807, 2.05) is 24.3 Å². The van der Waals surface area contributed by atoms with Crippen molar-refractivity contribution in [3.63, 3.8) is 0 Å². The summed E-state index contributed by atoms with van der Waals surface area (Å²) in [5.74, 6) is 0. The average molecular weight is 207 g/mol. The third kappa shape index (κ3) is 2.29. The minimum Gasteiger partial charge on any atom is -0.124 e. The minimum atomic E-state index is 0.0206. The van der Waals surface area contributed by atoms with E-state index >= 15 is 0 Å². The van der Waals surface area contributed by atoms with Gasteiger partial charge in [0.2, 0.25) is 0 Å². The van der Waals surface area contributed by atoms with Gasteiger partial charge in [-0.15, -0.1) is 5.73 Å². The lowest BCUT2D eigenvalue weighted by Gasteiger charge is -2.22. The number of hydrogen-bond acceptors (Lipinski definition) is 0. The van der Waals surface area contributed by atoms with Crippen LogP contribution in [0.25, 0.3) is 5.57 Å². The molecule has 0 fully saturated rings. The molecule has 0 unspecified atom stereocenters. The van der Waals surface area contributed by atoms with Crippen molar-refractivity contribution >= 4 is 17.2 Å². The molecule has 1 aromatic rings. The van der Waals surface area contributed by atoms with E-state index in [1.54, 1.807) is 0 Å². The van der Waals surface area contributed by atoms with Gasteiger partial charge in [0, 0.05) is 16.2 Å². The Morgan fingerprint density at radius 1 is 1.29 bits per heavy atom. The van der Waals surface area contributed by atoms with Gasteiger partial charge in [-0.1, -0.05) is 57.2 Å². The highest BCUT2D eigenvalue weighted by molar-refractivity contribution is 6.32. The molecule has 14 heavy (non-hydrogen) atoms. The number of allylic oxidation sites excluding steroid dienone is 1. The van der Waals surface area contributed by atoms with Crippen molar-refractivity contribution in [3.05, 3.63) is 47.2 Å². The molecule has 0 spiro atoms. The van der Waals surface area contributed by atoms with Gasteiger partial charge in [0.05, 0.1) is 0 Å². The van der Waals surface area contributed by atoms with Crippen LogP contribution in [-0.4, -0.2) is 0 Å². The Labute approximate surface area is 90.9 Å². The molecule has 0 aliphatic heterocycles. The van der Waals surface area contributed by atoms with E-state index in [0.29, 0.717) is 0 Å². The molecule has 0 bridgehead atoms. The van der Waals surface area contributed by atoms with Gasteiger partial charge in [-0.25, -0.2) is 0 Å². The fourth-order valence-electron chi connectivity index (χ4n) is 1.43. The van der Waals surface area contributed by atoms with Crippen molar-refractivity contribution in [2.75, 3.05) is 0 Å². The van der Waals surface area contributed by atoms with Crippen LogP contribution in [0, 0.1) is 5.41 Å². The molecule has 0 saturated carbocycles. The first-order valence-corrected chi connectivity index (χ1v) is 5.00. The van der Waals surface area contributed by atoms with Crippen LogP contribution < -0.4 is 0 Å². The summed E-state index contributed by atoms with van der Waals surface area (Å²) in [6.45, 7) is 10.1. The van der Waals surface area contributed by atoms with Crippen LogP contribution in [0.1, 0.15) is 26.3 Å². The van der Waals surface area contributed by atoms with Crippen molar-refractivity contribution in [1.29, 1.82) is 0 Å². The molecule has 0 atom stereocenters. The van der Waals surface area contributed by atoms with Gasteiger partial charge in [0.25, 0.3) is 0 Å². The monoisotopic (exact) mass is 206 g/mol. The Balaban J connectivity index is 3.30. The highest BCUT2D eigenvalue weighted by Gasteiger charge is 2.19. The first-order chi connectivity index (χ1) is 6.46. The third-order valence-electron chi connectivity index (χ3n) is 2.07. The number of rotatable bonds is 1. The van der Waals surface area contributed by atoms with E-state index in [9.17, 15) is 0 Å². The van der Waals surface area contributed by atoms with Gasteiger partial charge < -0.3 is 0 Å². The van der Waals surface area contributed by atoms with Gasteiger partial charge >= 0.3 is 0 Å². The summed E-state index contributed by atoms with van der Waals surface area (Å²) in [6.07, 6.45) is 0.